The molecule has 3 aromatic carbocycles. The standard InChI is InChI=1S/C27H19ClN4O2/c28-18-7-9-19(10-8-18)31-27(33)32-20-11-13-21(14-12-20)34-26-24(5-3-16-30-26)22-15-17-29-25-6-2-1-4-23(22)25/h1-17H,(H2,31,32,33). The van der Waals surface area contributed by atoms with Gasteiger partial charge in [-0.25, -0.2) is 9.78 Å². The molecule has 0 spiro atoms. The number of hydrogen-bond donors (Lipinski definition) is 2. The molecule has 0 bridgehead atoms. The average molecular weight is 467 g/mol. The molecule has 0 fully saturated rings. The molecule has 2 N–H and O–H groups in total. The first-order valence-corrected chi connectivity index (χ1v) is 10.9. The van der Waals surface area contributed by atoms with Gasteiger partial charge in [0, 0.05) is 39.7 Å². The van der Waals surface area contributed by atoms with Gasteiger partial charge in [0.15, 0.2) is 0 Å². The molecule has 5 rings (SSSR count). The average Bonchev–Trinajstić information content (AvgIpc) is 2.87. The maximum Gasteiger partial charge on any atom is 0.323 e. The van der Waals surface area contributed by atoms with E-state index in [0.717, 1.165) is 22.0 Å². The van der Waals surface area contributed by atoms with Crippen molar-refractivity contribution in [1.82, 2.24) is 9.97 Å². The monoisotopic (exact) mass is 466 g/mol. The van der Waals surface area contributed by atoms with Crippen LogP contribution in [0.15, 0.2) is 103 Å². The van der Waals surface area contributed by atoms with Gasteiger partial charge in [-0.15, -0.1) is 0 Å². The number of anilines is 2. The van der Waals surface area contributed by atoms with Gasteiger partial charge in [-0.05, 0) is 78.4 Å². The van der Waals surface area contributed by atoms with Gasteiger partial charge in [-0.1, -0.05) is 29.8 Å². The number of amides is 2. The summed E-state index contributed by atoms with van der Waals surface area (Å²) in [5.74, 6) is 1.09. The topological polar surface area (TPSA) is 76.1 Å². The first-order chi connectivity index (χ1) is 16.7. The molecule has 2 amide bonds. The molecule has 0 aliphatic rings. The number of nitrogens with one attached hydrogen (secondary N) is 2. The second kappa shape index (κ2) is 9.60. The SMILES string of the molecule is O=C(Nc1ccc(Cl)cc1)Nc1ccc(Oc2ncccc2-c2ccnc3ccccc23)cc1. The lowest BCUT2D eigenvalue weighted by atomic mass is 10.0. The molecule has 0 radical (unpaired) electrons. The Balaban J connectivity index is 1.32. The Morgan fingerprint density at radius 1 is 0.706 bits per heavy atom. The third kappa shape index (κ3) is 4.82. The number of carbonyl (C=O) groups excluding carboxylic acids is 1. The van der Waals surface area contributed by atoms with Crippen LogP contribution in [0.4, 0.5) is 16.2 Å². The highest BCUT2D eigenvalue weighted by Crippen LogP contribution is 2.35. The minimum Gasteiger partial charge on any atom is -0.438 e. The molecule has 2 heterocycles. The number of benzene rings is 3. The quantitative estimate of drug-likeness (QED) is 0.283. The van der Waals surface area contributed by atoms with Crippen molar-refractivity contribution in [2.75, 3.05) is 10.6 Å². The molecular weight excluding hydrogens is 448 g/mol. The lowest BCUT2D eigenvalue weighted by Gasteiger charge is -2.12. The van der Waals surface area contributed by atoms with Crippen molar-refractivity contribution in [2.45, 2.75) is 0 Å². The zero-order valence-corrected chi connectivity index (χ0v) is 18.7. The molecule has 166 valence electrons. The normalized spacial score (nSPS) is 10.6. The Kier molecular flexibility index (Phi) is 6.05. The van der Waals surface area contributed by atoms with Crippen molar-refractivity contribution in [1.29, 1.82) is 0 Å². The van der Waals surface area contributed by atoms with Crippen molar-refractivity contribution in [2.24, 2.45) is 0 Å². The zero-order chi connectivity index (χ0) is 23.3. The Hall–Kier alpha value is -4.42. The van der Waals surface area contributed by atoms with Gasteiger partial charge in [-0.3, -0.25) is 4.98 Å². The van der Waals surface area contributed by atoms with Gasteiger partial charge in [-0.2, -0.15) is 0 Å². The Labute approximate surface area is 201 Å². The molecule has 5 aromatic rings. The molecular formula is C27H19ClN4O2. The van der Waals surface area contributed by atoms with Gasteiger partial charge < -0.3 is 15.4 Å². The number of halogens is 1. The summed E-state index contributed by atoms with van der Waals surface area (Å²) in [5.41, 5.74) is 4.03. The Morgan fingerprint density at radius 2 is 1.41 bits per heavy atom. The van der Waals surface area contributed by atoms with Crippen LogP contribution in [0.1, 0.15) is 0 Å². The van der Waals surface area contributed by atoms with Crippen LogP contribution in [0.5, 0.6) is 11.6 Å². The van der Waals surface area contributed by atoms with Gasteiger partial charge in [0.2, 0.25) is 5.88 Å². The van der Waals surface area contributed by atoms with Crippen LogP contribution in [0, 0.1) is 0 Å². The highest BCUT2D eigenvalue weighted by Gasteiger charge is 2.12. The Morgan fingerprint density at radius 3 is 2.18 bits per heavy atom. The smallest absolute Gasteiger partial charge is 0.323 e. The van der Waals surface area contributed by atoms with E-state index < -0.39 is 0 Å². The van der Waals surface area contributed by atoms with E-state index in [9.17, 15) is 4.79 Å². The maximum absolute atomic E-state index is 12.2. The summed E-state index contributed by atoms with van der Waals surface area (Å²) >= 11 is 5.87. The number of nitrogens with zero attached hydrogens (tertiary/aromatic N) is 2. The number of hydrogen-bond acceptors (Lipinski definition) is 4. The van der Waals surface area contributed by atoms with Crippen LogP contribution in [-0.2, 0) is 0 Å². The van der Waals surface area contributed by atoms with E-state index in [1.807, 2.05) is 42.5 Å². The van der Waals surface area contributed by atoms with Gasteiger partial charge in [0.05, 0.1) is 5.52 Å². The van der Waals surface area contributed by atoms with Crippen molar-refractivity contribution in [3.8, 4) is 22.8 Å². The van der Waals surface area contributed by atoms with Crippen LogP contribution in [0.2, 0.25) is 5.02 Å². The second-order valence-electron chi connectivity index (χ2n) is 7.44. The van der Waals surface area contributed by atoms with Crippen LogP contribution < -0.4 is 15.4 Å². The fourth-order valence-corrected chi connectivity index (χ4v) is 3.68. The molecule has 0 aliphatic carbocycles. The molecule has 6 nitrogen and oxygen atoms in total. The summed E-state index contributed by atoms with van der Waals surface area (Å²) in [4.78, 5) is 21.1. The van der Waals surface area contributed by atoms with E-state index >= 15 is 0 Å². The predicted molar refractivity (Wildman–Crippen MR) is 136 cm³/mol. The number of rotatable bonds is 5. The Bertz CT molecular complexity index is 1450. The van der Waals surface area contributed by atoms with E-state index in [4.69, 9.17) is 16.3 Å². The van der Waals surface area contributed by atoms with Gasteiger partial charge >= 0.3 is 6.03 Å². The highest BCUT2D eigenvalue weighted by atomic mass is 35.5. The van der Waals surface area contributed by atoms with Crippen molar-refractivity contribution >= 4 is 39.9 Å². The fourth-order valence-electron chi connectivity index (χ4n) is 3.55. The second-order valence-corrected chi connectivity index (χ2v) is 7.88. The van der Waals surface area contributed by atoms with Gasteiger partial charge in [0.1, 0.15) is 5.75 Å². The first-order valence-electron chi connectivity index (χ1n) is 10.6. The van der Waals surface area contributed by atoms with Crippen molar-refractivity contribution < 1.29 is 9.53 Å². The lowest BCUT2D eigenvalue weighted by Crippen LogP contribution is -2.19. The minimum absolute atomic E-state index is 0.354. The number of urea groups is 1. The molecule has 0 saturated heterocycles. The van der Waals surface area contributed by atoms with Crippen LogP contribution in [-0.4, -0.2) is 16.0 Å². The maximum atomic E-state index is 12.2. The third-order valence-corrected chi connectivity index (χ3v) is 5.39. The molecule has 7 heteroatoms. The van der Waals surface area contributed by atoms with E-state index in [1.54, 1.807) is 60.9 Å². The zero-order valence-electron chi connectivity index (χ0n) is 17.9. The largest absolute Gasteiger partial charge is 0.438 e. The molecule has 0 unspecified atom stereocenters. The number of aromatic nitrogens is 2. The minimum atomic E-state index is -0.354. The highest BCUT2D eigenvalue weighted by molar-refractivity contribution is 6.30. The summed E-state index contributed by atoms with van der Waals surface area (Å²) in [6, 6.07) is 27.4. The summed E-state index contributed by atoms with van der Waals surface area (Å²) < 4.78 is 6.11. The summed E-state index contributed by atoms with van der Waals surface area (Å²) in [6.07, 6.45) is 3.48. The molecule has 0 atom stereocenters. The van der Waals surface area contributed by atoms with E-state index in [1.165, 1.54) is 0 Å². The molecule has 0 saturated carbocycles. The molecule has 34 heavy (non-hydrogen) atoms. The van der Waals surface area contributed by atoms with Crippen LogP contribution >= 0.6 is 11.6 Å². The van der Waals surface area contributed by atoms with E-state index in [2.05, 4.69) is 20.6 Å². The van der Waals surface area contributed by atoms with Crippen molar-refractivity contribution in [3.63, 3.8) is 0 Å². The van der Waals surface area contributed by atoms with E-state index in [0.29, 0.717) is 28.0 Å². The molecule has 2 aromatic heterocycles. The van der Waals surface area contributed by atoms with E-state index in [-0.39, 0.29) is 6.03 Å². The fraction of sp³-hybridized carbons (Fsp3) is 0. The number of ether oxygens (including phenoxy) is 1. The predicted octanol–water partition coefficient (Wildman–Crippen LogP) is 7.39. The molecule has 0 aliphatic heterocycles. The number of fused-ring (bicyclic) bond motifs is 1. The number of para-hydroxylation sites is 1. The summed E-state index contributed by atoms with van der Waals surface area (Å²) in [5, 5.41) is 7.18. The first kappa shape index (κ1) is 21.4. The summed E-state index contributed by atoms with van der Waals surface area (Å²) in [6.45, 7) is 0. The van der Waals surface area contributed by atoms with Crippen LogP contribution in [0.3, 0.4) is 0 Å². The van der Waals surface area contributed by atoms with Gasteiger partial charge in [0.25, 0.3) is 0 Å². The number of carbonyl (C=O) groups is 1. The van der Waals surface area contributed by atoms with Crippen LogP contribution in [0.25, 0.3) is 22.0 Å². The number of pyridine rings is 2. The lowest BCUT2D eigenvalue weighted by molar-refractivity contribution is 0.262. The van der Waals surface area contributed by atoms with Crippen molar-refractivity contribution in [3.05, 3.63) is 108 Å². The third-order valence-electron chi connectivity index (χ3n) is 5.14. The summed E-state index contributed by atoms with van der Waals surface area (Å²) in [7, 11) is 0.